The van der Waals surface area contributed by atoms with Crippen molar-refractivity contribution in [2.45, 2.75) is 0 Å². The topological polar surface area (TPSA) is 16.4 Å². The molecule has 10 rings (SSSR count). The maximum atomic E-state index is 6.69. The van der Waals surface area contributed by atoms with E-state index < -0.39 is 0 Å². The van der Waals surface area contributed by atoms with Crippen molar-refractivity contribution in [3.8, 4) is 11.1 Å². The standard InChI is InChI=1S/C44H27NOS/c1-2-12-31(13-3-1)45(32-20-17-30(18-21-32)35-16-8-11-28-9-4-6-14-34(28)35)33-22-25-40-38(27-33)43-41(47-40)26-23-37-42-36-15-7-5-10-29(36)19-24-39(42)46-44(37)43/h1-27H. The number of hydrogen-bond acceptors (Lipinski definition) is 3. The van der Waals surface area contributed by atoms with Crippen molar-refractivity contribution in [3.05, 3.63) is 164 Å². The zero-order chi connectivity index (χ0) is 30.9. The maximum Gasteiger partial charge on any atom is 0.144 e. The first-order valence-electron chi connectivity index (χ1n) is 15.9. The van der Waals surface area contributed by atoms with Gasteiger partial charge in [0.1, 0.15) is 11.2 Å². The van der Waals surface area contributed by atoms with E-state index in [2.05, 4.69) is 169 Å². The summed E-state index contributed by atoms with van der Waals surface area (Å²) in [5.74, 6) is 0. The van der Waals surface area contributed by atoms with E-state index in [0.29, 0.717) is 0 Å². The molecule has 0 saturated carbocycles. The fourth-order valence-electron chi connectivity index (χ4n) is 7.28. The number of anilines is 3. The first-order chi connectivity index (χ1) is 23.3. The smallest absolute Gasteiger partial charge is 0.144 e. The van der Waals surface area contributed by atoms with Crippen LogP contribution in [0.1, 0.15) is 0 Å². The van der Waals surface area contributed by atoms with Gasteiger partial charge in [-0.15, -0.1) is 11.3 Å². The highest BCUT2D eigenvalue weighted by molar-refractivity contribution is 7.26. The van der Waals surface area contributed by atoms with Gasteiger partial charge in [-0.3, -0.25) is 0 Å². The minimum atomic E-state index is 0.930. The molecule has 0 atom stereocenters. The second kappa shape index (κ2) is 10.3. The lowest BCUT2D eigenvalue weighted by atomic mass is 9.98. The molecule has 0 amide bonds. The Labute approximate surface area is 275 Å². The summed E-state index contributed by atoms with van der Waals surface area (Å²) in [5.41, 5.74) is 7.68. The van der Waals surface area contributed by atoms with Crippen molar-refractivity contribution in [1.82, 2.24) is 0 Å². The van der Waals surface area contributed by atoms with Crippen LogP contribution in [-0.2, 0) is 0 Å². The minimum Gasteiger partial charge on any atom is -0.455 e. The summed E-state index contributed by atoms with van der Waals surface area (Å²) in [6.45, 7) is 0. The Bertz CT molecular complexity index is 2790. The Morgan fingerprint density at radius 3 is 1.96 bits per heavy atom. The van der Waals surface area contributed by atoms with E-state index in [9.17, 15) is 0 Å². The largest absolute Gasteiger partial charge is 0.455 e. The third-order valence-electron chi connectivity index (χ3n) is 9.44. The molecule has 2 heterocycles. The molecule has 220 valence electrons. The van der Waals surface area contributed by atoms with Crippen LogP contribution in [0.2, 0.25) is 0 Å². The number of nitrogens with zero attached hydrogens (tertiary/aromatic N) is 1. The van der Waals surface area contributed by atoms with Crippen molar-refractivity contribution >= 4 is 92.1 Å². The monoisotopic (exact) mass is 617 g/mol. The first-order valence-corrected chi connectivity index (χ1v) is 16.7. The molecular weight excluding hydrogens is 591 g/mol. The third kappa shape index (κ3) is 4.10. The van der Waals surface area contributed by atoms with Crippen molar-refractivity contribution in [3.63, 3.8) is 0 Å². The number of furan rings is 1. The molecule has 10 aromatic rings. The molecule has 0 saturated heterocycles. The lowest BCUT2D eigenvalue weighted by molar-refractivity contribution is 0.673. The van der Waals surface area contributed by atoms with Crippen molar-refractivity contribution < 1.29 is 4.42 Å². The summed E-state index contributed by atoms with van der Waals surface area (Å²) in [6.07, 6.45) is 0. The molecular formula is C44H27NOS. The Hall–Kier alpha value is -5.90. The van der Waals surface area contributed by atoms with Gasteiger partial charge in [0, 0.05) is 48.0 Å². The van der Waals surface area contributed by atoms with E-state index in [1.54, 1.807) is 0 Å². The van der Waals surface area contributed by atoms with E-state index in [4.69, 9.17) is 4.42 Å². The van der Waals surface area contributed by atoms with Crippen LogP contribution >= 0.6 is 11.3 Å². The van der Waals surface area contributed by atoms with Crippen LogP contribution in [0.4, 0.5) is 17.1 Å². The van der Waals surface area contributed by atoms with Gasteiger partial charge >= 0.3 is 0 Å². The van der Waals surface area contributed by atoms with Crippen LogP contribution in [0.15, 0.2) is 168 Å². The summed E-state index contributed by atoms with van der Waals surface area (Å²) in [5, 5.41) is 9.72. The van der Waals surface area contributed by atoms with Crippen molar-refractivity contribution in [2.75, 3.05) is 4.90 Å². The maximum absolute atomic E-state index is 6.69. The molecule has 47 heavy (non-hydrogen) atoms. The molecule has 0 unspecified atom stereocenters. The predicted molar refractivity (Wildman–Crippen MR) is 202 cm³/mol. The minimum absolute atomic E-state index is 0.930. The van der Waals surface area contributed by atoms with E-state index in [0.717, 1.165) is 28.2 Å². The molecule has 8 aromatic carbocycles. The van der Waals surface area contributed by atoms with Gasteiger partial charge < -0.3 is 9.32 Å². The van der Waals surface area contributed by atoms with Gasteiger partial charge in [0.25, 0.3) is 0 Å². The number of hydrogen-bond donors (Lipinski definition) is 0. The molecule has 0 aliphatic carbocycles. The SMILES string of the molecule is c1ccc(N(c2ccc(-c3cccc4ccccc34)cc2)c2ccc3sc4ccc5c(oc6ccc7ccccc7c65)c4c3c2)cc1. The number of benzene rings is 8. The molecule has 0 aliphatic rings. The summed E-state index contributed by atoms with van der Waals surface area (Å²) >= 11 is 1.82. The molecule has 0 bridgehead atoms. The van der Waals surface area contributed by atoms with Crippen LogP contribution in [0, 0.1) is 0 Å². The molecule has 0 fully saturated rings. The van der Waals surface area contributed by atoms with Crippen LogP contribution in [0.3, 0.4) is 0 Å². The predicted octanol–water partition coefficient (Wildman–Crippen LogP) is 13.4. The second-order valence-electron chi connectivity index (χ2n) is 12.1. The molecule has 0 aliphatic heterocycles. The fraction of sp³-hybridized carbons (Fsp3) is 0. The van der Waals surface area contributed by atoms with Gasteiger partial charge in [-0.1, -0.05) is 103 Å². The highest BCUT2D eigenvalue weighted by atomic mass is 32.1. The van der Waals surface area contributed by atoms with Crippen molar-refractivity contribution in [2.24, 2.45) is 0 Å². The lowest BCUT2D eigenvalue weighted by Gasteiger charge is -2.26. The normalized spacial score (nSPS) is 11.8. The van der Waals surface area contributed by atoms with Crippen LogP contribution in [-0.4, -0.2) is 0 Å². The number of rotatable bonds is 4. The number of para-hydroxylation sites is 1. The van der Waals surface area contributed by atoms with Crippen LogP contribution < -0.4 is 4.90 Å². The summed E-state index contributed by atoms with van der Waals surface area (Å²) in [7, 11) is 0. The molecule has 3 heteroatoms. The van der Waals surface area contributed by atoms with Gasteiger partial charge in [-0.05, 0) is 93.3 Å². The van der Waals surface area contributed by atoms with Gasteiger partial charge in [0.2, 0.25) is 0 Å². The van der Waals surface area contributed by atoms with Crippen molar-refractivity contribution in [1.29, 1.82) is 0 Å². The zero-order valence-electron chi connectivity index (χ0n) is 25.4. The Morgan fingerprint density at radius 2 is 1.11 bits per heavy atom. The zero-order valence-corrected chi connectivity index (χ0v) is 26.2. The number of fused-ring (bicyclic) bond motifs is 10. The van der Waals surface area contributed by atoms with Crippen LogP contribution in [0.25, 0.3) is 74.8 Å². The summed E-state index contributed by atoms with van der Waals surface area (Å²) < 4.78 is 9.17. The molecule has 0 radical (unpaired) electrons. The lowest BCUT2D eigenvalue weighted by Crippen LogP contribution is -2.09. The Kier molecular flexibility index (Phi) is 5.78. The number of thiophene rings is 1. The van der Waals surface area contributed by atoms with E-state index in [1.807, 2.05) is 11.3 Å². The molecule has 2 nitrogen and oxygen atoms in total. The van der Waals surface area contributed by atoms with Gasteiger partial charge in [-0.25, -0.2) is 0 Å². The average molecular weight is 618 g/mol. The highest BCUT2D eigenvalue weighted by Crippen LogP contribution is 2.46. The van der Waals surface area contributed by atoms with E-state index >= 15 is 0 Å². The van der Waals surface area contributed by atoms with E-state index in [-0.39, 0.29) is 0 Å². The van der Waals surface area contributed by atoms with Gasteiger partial charge in [0.15, 0.2) is 0 Å². The third-order valence-corrected chi connectivity index (χ3v) is 10.6. The molecule has 2 aromatic heterocycles. The Balaban J connectivity index is 1.16. The first kappa shape index (κ1) is 26.3. The van der Waals surface area contributed by atoms with Crippen LogP contribution in [0.5, 0.6) is 0 Å². The molecule has 0 spiro atoms. The Morgan fingerprint density at radius 1 is 0.426 bits per heavy atom. The summed E-state index contributed by atoms with van der Waals surface area (Å²) in [4.78, 5) is 2.35. The summed E-state index contributed by atoms with van der Waals surface area (Å²) in [6, 6.07) is 58.9. The van der Waals surface area contributed by atoms with Gasteiger partial charge in [-0.2, -0.15) is 0 Å². The molecule has 0 N–H and O–H groups in total. The second-order valence-corrected chi connectivity index (χ2v) is 13.2. The van der Waals surface area contributed by atoms with Gasteiger partial charge in [0.05, 0.1) is 0 Å². The quantitative estimate of drug-likeness (QED) is 0.195. The fourth-order valence-corrected chi connectivity index (χ4v) is 8.37. The van der Waals surface area contributed by atoms with E-state index in [1.165, 1.54) is 63.6 Å². The average Bonchev–Trinajstić information content (AvgIpc) is 3.71. The highest BCUT2D eigenvalue weighted by Gasteiger charge is 2.19.